The molecule has 9 rings (SSSR count). The van der Waals surface area contributed by atoms with E-state index in [4.69, 9.17) is 24.0 Å². The zero-order valence-corrected chi connectivity index (χ0v) is 34.8. The fourth-order valence-corrected chi connectivity index (χ4v) is 10.3. The third-order valence-electron chi connectivity index (χ3n) is 13.6. The second-order valence-electron chi connectivity index (χ2n) is 17.3. The molecule has 3 fully saturated rings. The third-order valence-corrected chi connectivity index (χ3v) is 13.6. The first kappa shape index (κ1) is 39.8. The highest BCUT2D eigenvalue weighted by Crippen LogP contribution is 2.60. The van der Waals surface area contributed by atoms with Gasteiger partial charge in [-0.25, -0.2) is 4.68 Å². The highest BCUT2D eigenvalue weighted by Gasteiger charge is 2.55. The van der Waals surface area contributed by atoms with Gasteiger partial charge in [0.2, 0.25) is 0 Å². The van der Waals surface area contributed by atoms with Gasteiger partial charge in [0.15, 0.2) is 12.0 Å². The van der Waals surface area contributed by atoms with E-state index in [1.807, 2.05) is 48.3 Å². The maximum absolute atomic E-state index is 11.4. The number of fused-ring (bicyclic) bond motifs is 2. The highest BCUT2D eigenvalue weighted by atomic mass is 16.5. The third kappa shape index (κ3) is 7.01. The number of carboxylic acids is 1. The monoisotopic (exact) mass is 812 g/mol. The number of nitriles is 1. The Morgan fingerprint density at radius 2 is 1.75 bits per heavy atom. The molecule has 4 aromatic carbocycles. The number of methoxy groups -OCH3 is 2. The van der Waals surface area contributed by atoms with Crippen LogP contribution in [0.15, 0.2) is 66.9 Å². The number of aromatic nitrogens is 2. The minimum atomic E-state index is -0.671. The summed E-state index contributed by atoms with van der Waals surface area (Å²) in [5.41, 5.74) is 9.22. The van der Waals surface area contributed by atoms with E-state index < -0.39 is 18.3 Å². The van der Waals surface area contributed by atoms with Crippen LogP contribution >= 0.6 is 0 Å². The quantitative estimate of drug-likeness (QED) is 0.118. The Kier molecular flexibility index (Phi) is 10.4. The van der Waals surface area contributed by atoms with Gasteiger partial charge in [-0.15, -0.1) is 0 Å². The first-order valence-corrected chi connectivity index (χ1v) is 20.7. The summed E-state index contributed by atoms with van der Waals surface area (Å²) in [4.78, 5) is 15.8. The number of carboxylic acid groups (broad SMARTS) is 1. The van der Waals surface area contributed by atoms with Gasteiger partial charge in [-0.1, -0.05) is 30.3 Å². The molecule has 2 aliphatic carbocycles. The van der Waals surface area contributed by atoms with Crippen molar-refractivity contribution in [3.8, 4) is 40.1 Å². The van der Waals surface area contributed by atoms with E-state index in [0.717, 1.165) is 87.8 Å². The van der Waals surface area contributed by atoms with E-state index in [1.54, 1.807) is 14.2 Å². The molecular weight excluding hydrogens is 761 g/mol. The Labute approximate surface area is 350 Å². The highest BCUT2D eigenvalue weighted by molar-refractivity contribution is 5.96. The van der Waals surface area contributed by atoms with Gasteiger partial charge in [-0.2, -0.15) is 10.4 Å². The summed E-state index contributed by atoms with van der Waals surface area (Å²) >= 11 is 0. The van der Waals surface area contributed by atoms with E-state index >= 15 is 0 Å². The summed E-state index contributed by atoms with van der Waals surface area (Å²) in [6.45, 7) is 4.25. The molecule has 3 unspecified atom stereocenters. The molecule has 5 aromatic rings. The lowest BCUT2D eigenvalue weighted by molar-refractivity contribution is -0.159. The normalized spacial score (nSPS) is 24.4. The smallest absolute Gasteiger partial charge is 0.306 e. The zero-order valence-electron chi connectivity index (χ0n) is 34.8. The van der Waals surface area contributed by atoms with Crippen molar-refractivity contribution in [1.29, 1.82) is 5.26 Å². The first-order valence-electron chi connectivity index (χ1n) is 20.7. The molecule has 2 aliphatic heterocycles. The molecule has 3 N–H and O–H groups in total. The van der Waals surface area contributed by atoms with E-state index in [9.17, 15) is 20.3 Å². The van der Waals surface area contributed by atoms with Gasteiger partial charge >= 0.3 is 5.97 Å². The minimum Gasteiger partial charge on any atom is -0.496 e. The largest absolute Gasteiger partial charge is 0.496 e. The number of hydrogen-bond acceptors (Lipinski definition) is 11. The summed E-state index contributed by atoms with van der Waals surface area (Å²) in [6, 6.07) is 23.1. The van der Waals surface area contributed by atoms with E-state index in [-0.39, 0.29) is 17.4 Å². The molecule has 1 spiro atoms. The number of carbonyl (C=O) groups is 1. The van der Waals surface area contributed by atoms with Crippen molar-refractivity contribution in [2.45, 2.75) is 76.5 Å². The number of nitrogens with zero attached hydrogens (tertiary/aromatic N) is 5. The number of benzene rings is 4. The fraction of sp³-hybridized carbons (Fsp3) is 0.426. The minimum absolute atomic E-state index is 0.0359. The van der Waals surface area contributed by atoms with Crippen LogP contribution < -0.4 is 19.5 Å². The van der Waals surface area contributed by atoms with Crippen LogP contribution in [0.4, 0.5) is 5.69 Å². The van der Waals surface area contributed by atoms with Crippen molar-refractivity contribution in [2.75, 3.05) is 46.8 Å². The molecular formula is C47H52N6O7. The SMILES string of the molecule is COc1cc(-n2ncc3c(-c4cccc(C5Nc6cc(CN(C)C7CC8(CC(C(=O)O)C8)C7)cc(C#N)c6O5)c4C)cccc32)cc(OC)c1CN(C)C1CCOCC1O. The van der Waals surface area contributed by atoms with Crippen LogP contribution in [0, 0.1) is 29.6 Å². The summed E-state index contributed by atoms with van der Waals surface area (Å²) in [7, 11) is 7.42. The van der Waals surface area contributed by atoms with Gasteiger partial charge in [-0.05, 0) is 99.0 Å². The fourth-order valence-electron chi connectivity index (χ4n) is 10.3. The molecule has 0 bridgehead atoms. The number of likely N-dealkylation sites (N-methyl/N-ethyl adjacent to an activating group) is 1. The predicted molar refractivity (Wildman–Crippen MR) is 226 cm³/mol. The number of hydrogen-bond donors (Lipinski definition) is 3. The predicted octanol–water partition coefficient (Wildman–Crippen LogP) is 7.05. The van der Waals surface area contributed by atoms with Crippen LogP contribution in [0.1, 0.15) is 66.1 Å². The van der Waals surface area contributed by atoms with Crippen molar-refractivity contribution < 1.29 is 34.0 Å². The number of anilines is 1. The number of aliphatic hydroxyl groups excluding tert-OH is 1. The Bertz CT molecular complexity index is 2470. The Balaban J connectivity index is 0.948. The van der Waals surface area contributed by atoms with Crippen LogP contribution in [0.3, 0.4) is 0 Å². The van der Waals surface area contributed by atoms with Crippen LogP contribution in [0.2, 0.25) is 0 Å². The van der Waals surface area contributed by atoms with Gasteiger partial charge in [0.25, 0.3) is 0 Å². The molecule has 1 aromatic heterocycles. The molecule has 2 saturated carbocycles. The summed E-state index contributed by atoms with van der Waals surface area (Å²) < 4.78 is 25.7. The first-order chi connectivity index (χ1) is 29.0. The van der Waals surface area contributed by atoms with Gasteiger partial charge < -0.3 is 34.5 Å². The average molecular weight is 813 g/mol. The van der Waals surface area contributed by atoms with E-state index in [2.05, 4.69) is 65.5 Å². The van der Waals surface area contributed by atoms with Gasteiger partial charge in [0.05, 0.1) is 67.1 Å². The van der Waals surface area contributed by atoms with E-state index in [0.29, 0.717) is 55.2 Å². The lowest BCUT2D eigenvalue weighted by Gasteiger charge is -2.58. The standard InChI is InChI=1S/C47H52N6O7/c1-27-33(8-6-9-34(27)45-50-38-15-28(14-29(22-48)44(38)60-45)24-51(2)32-20-47(21-32)18-30(19-47)46(55)56)35-10-7-11-39-36(35)23-49-53(39)31-16-42(57-4)37(43(17-31)58-5)25-52(3)40-12-13-59-26-41(40)54/h6-11,14-17,23,30,32,40-41,45,50,54H,12-13,18-21,24-26H2,1-5H3,(H,55,56). The lowest BCUT2D eigenvalue weighted by atomic mass is 9.50. The molecule has 312 valence electrons. The molecule has 1 saturated heterocycles. The topological polar surface area (TPSA) is 155 Å². The summed E-state index contributed by atoms with van der Waals surface area (Å²) in [5, 5.41) is 39.6. The Morgan fingerprint density at radius 1 is 1.02 bits per heavy atom. The van der Waals surface area contributed by atoms with E-state index in [1.165, 1.54) is 0 Å². The van der Waals surface area contributed by atoms with Gasteiger partial charge in [-0.3, -0.25) is 14.6 Å². The second-order valence-corrected chi connectivity index (χ2v) is 17.3. The molecule has 13 heteroatoms. The number of ether oxygens (including phenoxy) is 4. The maximum atomic E-state index is 11.4. The van der Waals surface area contributed by atoms with Crippen molar-refractivity contribution >= 4 is 22.6 Å². The summed E-state index contributed by atoms with van der Waals surface area (Å²) in [5.74, 6) is 1.04. The van der Waals surface area contributed by atoms with Crippen LogP contribution in [-0.4, -0.2) is 95.5 Å². The molecule has 3 atom stereocenters. The zero-order chi connectivity index (χ0) is 41.9. The van der Waals surface area contributed by atoms with Crippen molar-refractivity contribution in [3.63, 3.8) is 0 Å². The lowest BCUT2D eigenvalue weighted by Crippen LogP contribution is -2.56. The molecule has 0 amide bonds. The number of aliphatic carboxylic acids is 1. The molecule has 60 heavy (non-hydrogen) atoms. The summed E-state index contributed by atoms with van der Waals surface area (Å²) in [6.07, 6.45) is 5.21. The Hall–Kier alpha value is -5.65. The molecule has 0 radical (unpaired) electrons. The van der Waals surface area contributed by atoms with Crippen molar-refractivity contribution in [2.24, 2.45) is 11.3 Å². The van der Waals surface area contributed by atoms with Crippen LogP contribution in [0.25, 0.3) is 27.7 Å². The second kappa shape index (κ2) is 15.7. The van der Waals surface area contributed by atoms with Gasteiger partial charge in [0.1, 0.15) is 17.6 Å². The van der Waals surface area contributed by atoms with Crippen LogP contribution in [-0.2, 0) is 22.6 Å². The number of nitrogens with one attached hydrogen (secondary N) is 1. The van der Waals surface area contributed by atoms with Gasteiger partial charge in [0, 0.05) is 54.9 Å². The molecule has 3 heterocycles. The molecule has 4 aliphatic rings. The number of aliphatic hydroxyl groups is 1. The van der Waals surface area contributed by atoms with Crippen LogP contribution in [0.5, 0.6) is 17.2 Å². The van der Waals surface area contributed by atoms with Crippen molar-refractivity contribution in [3.05, 3.63) is 94.7 Å². The van der Waals surface area contributed by atoms with Crippen molar-refractivity contribution in [1.82, 2.24) is 19.6 Å². The number of rotatable bonds is 12. The Morgan fingerprint density at radius 3 is 2.45 bits per heavy atom. The maximum Gasteiger partial charge on any atom is 0.306 e. The molecule has 13 nitrogen and oxygen atoms in total. The average Bonchev–Trinajstić information content (AvgIpc) is 3.85.